The lowest BCUT2D eigenvalue weighted by Gasteiger charge is -2.24. The predicted molar refractivity (Wildman–Crippen MR) is 179 cm³/mol. The molecule has 0 saturated heterocycles. The number of hydrogen-bond acceptors (Lipinski definition) is 1. The van der Waals surface area contributed by atoms with Crippen molar-refractivity contribution >= 4 is 5.97 Å². The van der Waals surface area contributed by atoms with Crippen molar-refractivity contribution in [3.8, 4) is 0 Å². The Morgan fingerprint density at radius 2 is 0.750 bits per heavy atom. The van der Waals surface area contributed by atoms with Crippen molar-refractivity contribution in [3.05, 3.63) is 12.2 Å². The molecule has 0 aromatic carbocycles. The highest BCUT2D eigenvalue weighted by Gasteiger charge is 2.26. The van der Waals surface area contributed by atoms with Crippen LogP contribution in [-0.4, -0.2) is 11.1 Å². The summed E-state index contributed by atoms with van der Waals surface area (Å²) in [6.45, 7) is 6.83. The minimum atomic E-state index is -0.524. The summed E-state index contributed by atoms with van der Waals surface area (Å²) in [7, 11) is 0. The molecule has 0 bridgehead atoms. The second-order valence-electron chi connectivity index (χ2n) is 12.9. The first-order valence-electron chi connectivity index (χ1n) is 18.5. The summed E-state index contributed by atoms with van der Waals surface area (Å²) in [5, 5.41) is 10.2. The zero-order valence-electron chi connectivity index (χ0n) is 27.9. The molecule has 0 heterocycles. The molecule has 0 aromatic heterocycles. The van der Waals surface area contributed by atoms with Gasteiger partial charge in [-0.3, -0.25) is 4.79 Å². The summed E-state index contributed by atoms with van der Waals surface area (Å²) in [5.74, 6) is -0.260. The Hall–Kier alpha value is -0.790. The predicted octanol–water partition coefficient (Wildman–Crippen LogP) is 13.6. The lowest BCUT2D eigenvalue weighted by molar-refractivity contribution is -0.144. The molecule has 1 N–H and O–H groups in total. The molecule has 0 radical (unpaired) electrons. The smallest absolute Gasteiger partial charge is 0.306 e. The van der Waals surface area contributed by atoms with Crippen molar-refractivity contribution in [2.45, 2.75) is 213 Å². The summed E-state index contributed by atoms with van der Waals surface area (Å²) in [5.41, 5.74) is 0. The highest BCUT2D eigenvalue weighted by Crippen LogP contribution is 2.30. The molecule has 0 spiro atoms. The summed E-state index contributed by atoms with van der Waals surface area (Å²) >= 11 is 0. The number of carboxylic acid groups (broad SMARTS) is 1. The van der Waals surface area contributed by atoms with Crippen LogP contribution in [0.5, 0.6) is 0 Å². The van der Waals surface area contributed by atoms with Crippen LogP contribution in [-0.2, 0) is 4.79 Å². The maximum atomic E-state index is 12.3. The van der Waals surface area contributed by atoms with Crippen molar-refractivity contribution < 1.29 is 9.90 Å². The Bertz CT molecular complexity index is 526. The average Bonchev–Trinajstić information content (AvgIpc) is 2.95. The van der Waals surface area contributed by atoms with Crippen molar-refractivity contribution in [2.24, 2.45) is 11.8 Å². The topological polar surface area (TPSA) is 37.3 Å². The molecule has 0 aliphatic heterocycles. The molecule has 40 heavy (non-hydrogen) atoms. The van der Waals surface area contributed by atoms with Crippen LogP contribution in [0.4, 0.5) is 0 Å². The van der Waals surface area contributed by atoms with Crippen molar-refractivity contribution in [1.82, 2.24) is 0 Å². The van der Waals surface area contributed by atoms with Crippen LogP contribution in [0.15, 0.2) is 12.2 Å². The van der Waals surface area contributed by atoms with Gasteiger partial charge in [0.25, 0.3) is 0 Å². The first kappa shape index (κ1) is 39.2. The van der Waals surface area contributed by atoms with E-state index in [-0.39, 0.29) is 5.92 Å². The summed E-state index contributed by atoms with van der Waals surface area (Å²) in [6, 6.07) is 0. The van der Waals surface area contributed by atoms with E-state index in [4.69, 9.17) is 0 Å². The van der Waals surface area contributed by atoms with Gasteiger partial charge in [0.2, 0.25) is 0 Å². The van der Waals surface area contributed by atoms with Crippen molar-refractivity contribution in [1.29, 1.82) is 0 Å². The Balaban J connectivity index is 4.27. The molecule has 0 aliphatic rings. The van der Waals surface area contributed by atoms with Crippen molar-refractivity contribution in [2.75, 3.05) is 0 Å². The second-order valence-corrected chi connectivity index (χ2v) is 12.9. The van der Waals surface area contributed by atoms with E-state index in [0.29, 0.717) is 5.92 Å². The van der Waals surface area contributed by atoms with Crippen LogP contribution in [0.2, 0.25) is 0 Å². The van der Waals surface area contributed by atoms with E-state index in [9.17, 15) is 9.90 Å². The van der Waals surface area contributed by atoms with Gasteiger partial charge >= 0.3 is 5.97 Å². The van der Waals surface area contributed by atoms with E-state index in [1.807, 2.05) is 0 Å². The second kappa shape index (κ2) is 32.7. The number of allylic oxidation sites excluding steroid dienone is 2. The van der Waals surface area contributed by atoms with Gasteiger partial charge in [-0.25, -0.2) is 0 Å². The van der Waals surface area contributed by atoms with Gasteiger partial charge in [-0.05, 0) is 50.9 Å². The molecular formula is C38H74O2. The third-order valence-electron chi connectivity index (χ3n) is 9.02. The van der Waals surface area contributed by atoms with Gasteiger partial charge in [-0.1, -0.05) is 181 Å². The maximum absolute atomic E-state index is 12.3. The van der Waals surface area contributed by atoms with Gasteiger partial charge in [0.05, 0.1) is 5.92 Å². The summed E-state index contributed by atoms with van der Waals surface area (Å²) in [4.78, 5) is 12.3. The molecular weight excluding hydrogens is 488 g/mol. The van der Waals surface area contributed by atoms with Crippen molar-refractivity contribution in [3.63, 3.8) is 0 Å². The molecule has 2 unspecified atom stereocenters. The van der Waals surface area contributed by atoms with Crippen LogP contribution < -0.4 is 0 Å². The van der Waals surface area contributed by atoms with E-state index >= 15 is 0 Å². The first-order chi connectivity index (χ1) is 19.7. The van der Waals surface area contributed by atoms with Crippen LogP contribution in [0, 0.1) is 11.8 Å². The Kier molecular flexibility index (Phi) is 32.1. The number of aliphatic carboxylic acids is 1. The van der Waals surface area contributed by atoms with Crippen LogP contribution in [0.25, 0.3) is 0 Å². The van der Waals surface area contributed by atoms with E-state index in [0.717, 1.165) is 25.7 Å². The van der Waals surface area contributed by atoms with Crippen LogP contribution >= 0.6 is 0 Å². The van der Waals surface area contributed by atoms with Gasteiger partial charge in [-0.2, -0.15) is 0 Å². The van der Waals surface area contributed by atoms with Gasteiger partial charge in [-0.15, -0.1) is 0 Å². The minimum absolute atomic E-state index is 0.123. The molecule has 2 heteroatoms. The molecule has 0 fully saturated rings. The molecule has 0 rings (SSSR count). The standard InChI is InChI=1S/C38H74O2/c1-4-7-10-13-16-18-19-20-21-22-24-26-29-32-35-37(38(39)40)36(33-30-27-15-12-9-6-3)34-31-28-25-23-17-14-11-8-5-2/h20-21,36-37H,4-19,22-35H2,1-3H3,(H,39,40). The fourth-order valence-corrected chi connectivity index (χ4v) is 6.27. The third-order valence-corrected chi connectivity index (χ3v) is 9.02. The van der Waals surface area contributed by atoms with Crippen LogP contribution in [0.1, 0.15) is 213 Å². The lowest BCUT2D eigenvalue weighted by Crippen LogP contribution is -2.24. The van der Waals surface area contributed by atoms with Gasteiger partial charge in [0, 0.05) is 0 Å². The quantitative estimate of drug-likeness (QED) is 0.0638. The molecule has 0 aliphatic carbocycles. The number of rotatable bonds is 33. The van der Waals surface area contributed by atoms with E-state index in [1.54, 1.807) is 0 Å². The zero-order valence-corrected chi connectivity index (χ0v) is 27.9. The molecule has 0 amide bonds. The van der Waals surface area contributed by atoms with Gasteiger partial charge in [0.1, 0.15) is 0 Å². The first-order valence-corrected chi connectivity index (χ1v) is 18.5. The Morgan fingerprint density at radius 3 is 1.10 bits per heavy atom. The molecule has 0 saturated carbocycles. The SMILES string of the molecule is CCCCCCCCC=CCCCCCCC(C(=O)O)C(CCCCCCCC)CCCCCCCCCCC. The van der Waals surface area contributed by atoms with E-state index in [1.165, 1.54) is 167 Å². The zero-order chi connectivity index (χ0) is 29.4. The normalized spacial score (nSPS) is 13.3. The van der Waals surface area contributed by atoms with Gasteiger partial charge in [0.15, 0.2) is 0 Å². The van der Waals surface area contributed by atoms with Crippen LogP contribution in [0.3, 0.4) is 0 Å². The van der Waals surface area contributed by atoms with Gasteiger partial charge < -0.3 is 5.11 Å². The average molecular weight is 563 g/mol. The summed E-state index contributed by atoms with van der Waals surface area (Å²) in [6.07, 6.45) is 43.3. The molecule has 2 atom stereocenters. The third kappa shape index (κ3) is 27.4. The monoisotopic (exact) mass is 563 g/mol. The summed E-state index contributed by atoms with van der Waals surface area (Å²) < 4.78 is 0. The highest BCUT2D eigenvalue weighted by atomic mass is 16.4. The highest BCUT2D eigenvalue weighted by molar-refractivity contribution is 5.70. The number of carboxylic acids is 1. The fraction of sp³-hybridized carbons (Fsp3) is 0.921. The number of hydrogen-bond donors (Lipinski definition) is 1. The Morgan fingerprint density at radius 1 is 0.450 bits per heavy atom. The van der Waals surface area contributed by atoms with E-state index in [2.05, 4.69) is 32.9 Å². The molecule has 2 nitrogen and oxygen atoms in total. The number of carbonyl (C=O) groups is 1. The lowest BCUT2D eigenvalue weighted by atomic mass is 9.80. The molecule has 238 valence electrons. The fourth-order valence-electron chi connectivity index (χ4n) is 6.27. The molecule has 0 aromatic rings. The largest absolute Gasteiger partial charge is 0.481 e. The number of unbranched alkanes of at least 4 members (excludes halogenated alkanes) is 23. The van der Waals surface area contributed by atoms with E-state index < -0.39 is 5.97 Å². The maximum Gasteiger partial charge on any atom is 0.306 e. The minimum Gasteiger partial charge on any atom is -0.481 e. The Labute approximate surface area is 253 Å².